The van der Waals surface area contributed by atoms with Gasteiger partial charge in [0, 0.05) is 18.3 Å². The van der Waals surface area contributed by atoms with Crippen LogP contribution in [0.5, 0.6) is 23.0 Å². The molecule has 1 saturated carbocycles. The number of nitrogens with zero attached hydrogens (tertiary/aromatic N) is 1. The summed E-state index contributed by atoms with van der Waals surface area (Å²) >= 11 is 6.81. The minimum atomic E-state index is -1.30. The van der Waals surface area contributed by atoms with Gasteiger partial charge in [-0.3, -0.25) is 4.79 Å². The lowest BCUT2D eigenvalue weighted by atomic mass is 10.1. The summed E-state index contributed by atoms with van der Waals surface area (Å²) in [6.07, 6.45) is 3.16. The van der Waals surface area contributed by atoms with E-state index in [9.17, 15) is 14.7 Å². The first kappa shape index (κ1) is 25.5. The summed E-state index contributed by atoms with van der Waals surface area (Å²) in [6.45, 7) is 0.356. The van der Waals surface area contributed by atoms with Crippen LogP contribution in [-0.2, 0) is 13.2 Å². The van der Waals surface area contributed by atoms with Crippen LogP contribution in [0.4, 0.5) is 0 Å². The standard InChI is InChI=1S/C29H26ClNO7/c1-35-20-9-3-17(4-10-20)15-37-24-13-23-25(27(32)22(29(33)34)14-31(23)19-7-8-19)26(30)28(24)38-16-18-5-11-21(36-2)12-6-18/h3-6,9-14,19H,7-8,15-16H2,1-2H3,(H,33,34). The molecule has 0 spiro atoms. The van der Waals surface area contributed by atoms with E-state index >= 15 is 0 Å². The maximum Gasteiger partial charge on any atom is 0.341 e. The number of benzene rings is 3. The van der Waals surface area contributed by atoms with Crippen LogP contribution in [-0.4, -0.2) is 29.9 Å². The topological polar surface area (TPSA) is 96.2 Å². The summed E-state index contributed by atoms with van der Waals surface area (Å²) in [7, 11) is 3.19. The van der Waals surface area contributed by atoms with Crippen molar-refractivity contribution in [1.82, 2.24) is 4.57 Å². The van der Waals surface area contributed by atoms with Crippen LogP contribution in [0.25, 0.3) is 10.9 Å². The van der Waals surface area contributed by atoms with E-state index in [1.165, 1.54) is 6.20 Å². The molecule has 0 aliphatic heterocycles. The fourth-order valence-electron chi connectivity index (χ4n) is 4.23. The average molecular weight is 536 g/mol. The molecule has 3 aromatic carbocycles. The van der Waals surface area contributed by atoms with E-state index in [1.807, 2.05) is 48.5 Å². The van der Waals surface area contributed by atoms with Crippen LogP contribution in [0, 0.1) is 0 Å². The number of halogens is 1. The Kier molecular flexibility index (Phi) is 7.15. The Morgan fingerprint density at radius 2 is 1.50 bits per heavy atom. The summed E-state index contributed by atoms with van der Waals surface area (Å²) in [5.41, 5.74) is 1.25. The molecule has 0 amide bonds. The summed E-state index contributed by atoms with van der Waals surface area (Å²) in [6, 6.07) is 16.6. The Morgan fingerprint density at radius 3 is 2.00 bits per heavy atom. The molecule has 1 fully saturated rings. The third kappa shape index (κ3) is 5.13. The van der Waals surface area contributed by atoms with Crippen molar-refractivity contribution in [3.05, 3.63) is 92.7 Å². The lowest BCUT2D eigenvalue weighted by Crippen LogP contribution is -2.19. The fourth-order valence-corrected chi connectivity index (χ4v) is 4.56. The van der Waals surface area contributed by atoms with Crippen molar-refractivity contribution in [2.24, 2.45) is 0 Å². The van der Waals surface area contributed by atoms with Crippen molar-refractivity contribution in [2.75, 3.05) is 14.2 Å². The van der Waals surface area contributed by atoms with E-state index in [0.29, 0.717) is 17.0 Å². The zero-order valence-corrected chi connectivity index (χ0v) is 21.7. The highest BCUT2D eigenvalue weighted by molar-refractivity contribution is 6.37. The quantitative estimate of drug-likeness (QED) is 0.271. The van der Waals surface area contributed by atoms with Gasteiger partial charge >= 0.3 is 5.97 Å². The maximum absolute atomic E-state index is 13.2. The molecule has 38 heavy (non-hydrogen) atoms. The van der Waals surface area contributed by atoms with Crippen LogP contribution in [0.1, 0.15) is 40.4 Å². The van der Waals surface area contributed by atoms with Crippen molar-refractivity contribution in [3.8, 4) is 23.0 Å². The van der Waals surface area contributed by atoms with Gasteiger partial charge in [-0.05, 0) is 48.2 Å². The van der Waals surface area contributed by atoms with E-state index in [1.54, 1.807) is 24.9 Å². The molecule has 5 rings (SSSR count). The molecule has 0 bridgehead atoms. The highest BCUT2D eigenvalue weighted by atomic mass is 35.5. The van der Waals surface area contributed by atoms with Gasteiger partial charge in [0.1, 0.15) is 30.3 Å². The van der Waals surface area contributed by atoms with Crippen molar-refractivity contribution >= 4 is 28.5 Å². The van der Waals surface area contributed by atoms with Gasteiger partial charge < -0.3 is 28.6 Å². The lowest BCUT2D eigenvalue weighted by Gasteiger charge is -2.19. The number of fused-ring (bicyclic) bond motifs is 1. The molecule has 1 aliphatic rings. The first-order valence-corrected chi connectivity index (χ1v) is 12.4. The van der Waals surface area contributed by atoms with Crippen LogP contribution in [0.3, 0.4) is 0 Å². The zero-order valence-electron chi connectivity index (χ0n) is 20.9. The Morgan fingerprint density at radius 1 is 0.947 bits per heavy atom. The number of hydrogen-bond acceptors (Lipinski definition) is 6. The van der Waals surface area contributed by atoms with E-state index in [0.717, 1.165) is 29.7 Å². The van der Waals surface area contributed by atoms with Gasteiger partial charge in [0.2, 0.25) is 5.43 Å². The first-order valence-electron chi connectivity index (χ1n) is 12.1. The number of carboxylic acids is 1. The summed E-state index contributed by atoms with van der Waals surface area (Å²) < 4.78 is 24.5. The number of carboxylic acid groups (broad SMARTS) is 1. The average Bonchev–Trinajstić information content (AvgIpc) is 3.77. The SMILES string of the molecule is COc1ccc(COc2cc3c(c(Cl)c2OCc2ccc(OC)cc2)c(=O)c(C(=O)O)cn3C2CC2)cc1. The molecule has 0 radical (unpaired) electrons. The molecule has 1 aliphatic carbocycles. The predicted molar refractivity (Wildman–Crippen MR) is 143 cm³/mol. The van der Waals surface area contributed by atoms with Gasteiger partial charge in [-0.25, -0.2) is 4.79 Å². The minimum Gasteiger partial charge on any atom is -0.497 e. The Hall–Kier alpha value is -4.17. The van der Waals surface area contributed by atoms with Gasteiger partial charge in [-0.15, -0.1) is 0 Å². The van der Waals surface area contributed by atoms with Crippen molar-refractivity contribution in [2.45, 2.75) is 32.1 Å². The third-order valence-corrected chi connectivity index (χ3v) is 6.81. The monoisotopic (exact) mass is 535 g/mol. The fraction of sp³-hybridized carbons (Fsp3) is 0.241. The van der Waals surface area contributed by atoms with Gasteiger partial charge in [0.15, 0.2) is 11.5 Å². The molecule has 1 N–H and O–H groups in total. The normalized spacial score (nSPS) is 12.8. The minimum absolute atomic E-state index is 0.0169. The summed E-state index contributed by atoms with van der Waals surface area (Å²) in [5.74, 6) is 0.661. The summed E-state index contributed by atoms with van der Waals surface area (Å²) in [4.78, 5) is 25.1. The molecular formula is C29H26ClNO7. The number of aromatic nitrogens is 1. The summed E-state index contributed by atoms with van der Waals surface area (Å²) in [5, 5.41) is 9.79. The van der Waals surface area contributed by atoms with Crippen LogP contribution in [0.2, 0.25) is 5.02 Å². The lowest BCUT2D eigenvalue weighted by molar-refractivity contribution is 0.0695. The van der Waals surface area contributed by atoms with E-state index in [2.05, 4.69) is 0 Å². The van der Waals surface area contributed by atoms with Crippen molar-refractivity contribution < 1.29 is 28.8 Å². The van der Waals surface area contributed by atoms with E-state index < -0.39 is 11.4 Å². The van der Waals surface area contributed by atoms with Gasteiger partial charge in [0.05, 0.1) is 30.1 Å². The van der Waals surface area contributed by atoms with Gasteiger partial charge in [0.25, 0.3) is 0 Å². The molecular weight excluding hydrogens is 510 g/mol. The molecule has 0 saturated heterocycles. The number of hydrogen-bond donors (Lipinski definition) is 1. The highest BCUT2D eigenvalue weighted by Gasteiger charge is 2.29. The molecule has 0 unspecified atom stereocenters. The molecule has 1 aromatic heterocycles. The molecule has 1 heterocycles. The number of methoxy groups -OCH3 is 2. The Bertz CT molecular complexity index is 1540. The Balaban J connectivity index is 1.58. The zero-order chi connectivity index (χ0) is 26.8. The van der Waals surface area contributed by atoms with E-state index in [-0.39, 0.29) is 41.0 Å². The number of pyridine rings is 1. The number of rotatable bonds is 10. The first-order chi connectivity index (χ1) is 18.4. The van der Waals surface area contributed by atoms with Crippen molar-refractivity contribution in [1.29, 1.82) is 0 Å². The van der Waals surface area contributed by atoms with E-state index in [4.69, 9.17) is 30.5 Å². The molecule has 196 valence electrons. The molecule has 9 heteroatoms. The largest absolute Gasteiger partial charge is 0.497 e. The maximum atomic E-state index is 13.2. The molecule has 4 aromatic rings. The van der Waals surface area contributed by atoms with Crippen LogP contribution >= 0.6 is 11.6 Å². The highest BCUT2D eigenvalue weighted by Crippen LogP contribution is 2.44. The second-order valence-corrected chi connectivity index (χ2v) is 9.38. The molecule has 0 atom stereocenters. The Labute approximate surface area is 223 Å². The third-order valence-electron chi connectivity index (χ3n) is 6.45. The predicted octanol–water partition coefficient (Wildman–Crippen LogP) is 5.86. The second-order valence-electron chi connectivity index (χ2n) is 9.00. The van der Waals surface area contributed by atoms with Crippen LogP contribution in [0.15, 0.2) is 65.6 Å². The second kappa shape index (κ2) is 10.7. The number of aromatic carboxylic acids is 1. The number of carbonyl (C=O) groups is 1. The number of ether oxygens (including phenoxy) is 4. The van der Waals surface area contributed by atoms with Gasteiger partial charge in [-0.1, -0.05) is 35.9 Å². The molecule has 8 nitrogen and oxygen atoms in total. The van der Waals surface area contributed by atoms with Gasteiger partial charge in [-0.2, -0.15) is 0 Å². The van der Waals surface area contributed by atoms with Crippen molar-refractivity contribution in [3.63, 3.8) is 0 Å². The smallest absolute Gasteiger partial charge is 0.341 e. The van der Waals surface area contributed by atoms with Crippen LogP contribution < -0.4 is 24.4 Å².